The van der Waals surface area contributed by atoms with E-state index in [2.05, 4.69) is 26.6 Å². The summed E-state index contributed by atoms with van der Waals surface area (Å²) in [5.41, 5.74) is 3.64. The van der Waals surface area contributed by atoms with E-state index >= 15 is 0 Å². The molecule has 0 saturated carbocycles. The molecule has 0 unspecified atom stereocenters. The van der Waals surface area contributed by atoms with Crippen LogP contribution in [0.25, 0.3) is 0 Å². The molecule has 0 atom stereocenters. The highest BCUT2D eigenvalue weighted by Crippen LogP contribution is 2.22. The molecule has 1 amide bonds. The highest BCUT2D eigenvalue weighted by molar-refractivity contribution is 9.10. The standard InChI is InChI=1S/C16H16BrFN2O/c1-10-3-5-13(8-16(10)20-11(2)21)19-9-12-4-6-15(18)14(17)7-12/h3-8,19H,9H2,1-2H3,(H,20,21). The highest BCUT2D eigenvalue weighted by Gasteiger charge is 2.04. The third-order valence-electron chi connectivity index (χ3n) is 3.03. The second kappa shape index (κ2) is 6.72. The number of halogens is 2. The lowest BCUT2D eigenvalue weighted by Crippen LogP contribution is -2.08. The number of amides is 1. The van der Waals surface area contributed by atoms with E-state index in [1.807, 2.05) is 25.1 Å². The Hall–Kier alpha value is -1.88. The predicted octanol–water partition coefficient (Wildman–Crippen LogP) is 4.47. The van der Waals surface area contributed by atoms with Crippen LogP contribution in [0.15, 0.2) is 40.9 Å². The molecule has 21 heavy (non-hydrogen) atoms. The summed E-state index contributed by atoms with van der Waals surface area (Å²) in [5, 5.41) is 6.05. The van der Waals surface area contributed by atoms with Gasteiger partial charge in [0.05, 0.1) is 4.47 Å². The van der Waals surface area contributed by atoms with Crippen molar-refractivity contribution in [2.45, 2.75) is 20.4 Å². The second-order valence-electron chi connectivity index (χ2n) is 4.81. The van der Waals surface area contributed by atoms with Crippen molar-refractivity contribution < 1.29 is 9.18 Å². The molecule has 0 aliphatic heterocycles. The number of carbonyl (C=O) groups is 1. The van der Waals surface area contributed by atoms with Gasteiger partial charge in [0.15, 0.2) is 0 Å². The van der Waals surface area contributed by atoms with Gasteiger partial charge in [0, 0.05) is 24.8 Å². The van der Waals surface area contributed by atoms with Gasteiger partial charge in [0.25, 0.3) is 0 Å². The van der Waals surface area contributed by atoms with Gasteiger partial charge in [-0.3, -0.25) is 4.79 Å². The zero-order valence-corrected chi connectivity index (χ0v) is 13.4. The quantitative estimate of drug-likeness (QED) is 0.854. The molecular weight excluding hydrogens is 335 g/mol. The lowest BCUT2D eigenvalue weighted by atomic mass is 10.1. The van der Waals surface area contributed by atoms with E-state index in [9.17, 15) is 9.18 Å². The normalized spacial score (nSPS) is 10.3. The third kappa shape index (κ3) is 4.29. The molecule has 0 radical (unpaired) electrons. The summed E-state index contributed by atoms with van der Waals surface area (Å²) in [6, 6.07) is 10.7. The number of hydrogen-bond acceptors (Lipinski definition) is 2. The molecule has 0 aliphatic rings. The van der Waals surface area contributed by atoms with Gasteiger partial charge in [-0.25, -0.2) is 4.39 Å². The molecule has 110 valence electrons. The van der Waals surface area contributed by atoms with E-state index in [0.717, 1.165) is 22.5 Å². The van der Waals surface area contributed by atoms with Crippen LogP contribution in [0, 0.1) is 12.7 Å². The van der Waals surface area contributed by atoms with Crippen molar-refractivity contribution in [2.24, 2.45) is 0 Å². The van der Waals surface area contributed by atoms with E-state index in [4.69, 9.17) is 0 Å². The van der Waals surface area contributed by atoms with Crippen LogP contribution < -0.4 is 10.6 Å². The summed E-state index contributed by atoms with van der Waals surface area (Å²) in [4.78, 5) is 11.2. The van der Waals surface area contributed by atoms with Crippen molar-refractivity contribution in [2.75, 3.05) is 10.6 Å². The molecule has 2 aromatic rings. The first-order valence-electron chi connectivity index (χ1n) is 6.52. The number of carbonyl (C=O) groups excluding carboxylic acids is 1. The number of rotatable bonds is 4. The zero-order chi connectivity index (χ0) is 15.4. The van der Waals surface area contributed by atoms with Gasteiger partial charge < -0.3 is 10.6 Å². The summed E-state index contributed by atoms with van der Waals surface area (Å²) in [5.74, 6) is -0.375. The summed E-state index contributed by atoms with van der Waals surface area (Å²) in [6.45, 7) is 3.99. The fourth-order valence-corrected chi connectivity index (χ4v) is 2.34. The molecular formula is C16H16BrFN2O. The van der Waals surface area contributed by atoms with Gasteiger partial charge in [-0.15, -0.1) is 0 Å². The third-order valence-corrected chi connectivity index (χ3v) is 3.64. The summed E-state index contributed by atoms with van der Waals surface area (Å²) in [7, 11) is 0. The van der Waals surface area contributed by atoms with Crippen LogP contribution in [-0.2, 0) is 11.3 Å². The molecule has 0 aromatic heterocycles. The number of benzene rings is 2. The Morgan fingerprint density at radius 3 is 2.67 bits per heavy atom. The summed E-state index contributed by atoms with van der Waals surface area (Å²) >= 11 is 3.17. The Bertz CT molecular complexity index is 673. The van der Waals surface area contributed by atoms with Gasteiger partial charge in [0.1, 0.15) is 5.82 Å². The molecule has 0 spiro atoms. The van der Waals surface area contributed by atoms with Crippen LogP contribution in [0.1, 0.15) is 18.1 Å². The number of nitrogens with one attached hydrogen (secondary N) is 2. The van der Waals surface area contributed by atoms with Crippen LogP contribution >= 0.6 is 15.9 Å². The maximum absolute atomic E-state index is 13.2. The Morgan fingerprint density at radius 2 is 2.00 bits per heavy atom. The molecule has 0 saturated heterocycles. The van der Waals surface area contributed by atoms with E-state index in [1.165, 1.54) is 13.0 Å². The highest BCUT2D eigenvalue weighted by atomic mass is 79.9. The van der Waals surface area contributed by atoms with Crippen molar-refractivity contribution >= 4 is 33.2 Å². The minimum atomic E-state index is -0.276. The smallest absolute Gasteiger partial charge is 0.221 e. The van der Waals surface area contributed by atoms with Crippen LogP contribution in [-0.4, -0.2) is 5.91 Å². The van der Waals surface area contributed by atoms with Gasteiger partial charge in [-0.05, 0) is 58.2 Å². The van der Waals surface area contributed by atoms with Gasteiger partial charge in [0.2, 0.25) is 5.91 Å². The minimum absolute atomic E-state index is 0.0993. The molecule has 3 nitrogen and oxygen atoms in total. The molecule has 0 fully saturated rings. The van der Waals surface area contributed by atoms with Crippen LogP contribution in [0.2, 0.25) is 0 Å². The fourth-order valence-electron chi connectivity index (χ4n) is 1.91. The van der Waals surface area contributed by atoms with E-state index in [1.54, 1.807) is 12.1 Å². The topological polar surface area (TPSA) is 41.1 Å². The lowest BCUT2D eigenvalue weighted by Gasteiger charge is -2.11. The van der Waals surface area contributed by atoms with Crippen molar-refractivity contribution in [3.8, 4) is 0 Å². The minimum Gasteiger partial charge on any atom is -0.381 e. The maximum atomic E-state index is 13.2. The number of anilines is 2. The first-order chi connectivity index (χ1) is 9.95. The Balaban J connectivity index is 2.09. The summed E-state index contributed by atoms with van der Waals surface area (Å²) < 4.78 is 13.6. The zero-order valence-electron chi connectivity index (χ0n) is 11.8. The van der Waals surface area contributed by atoms with Crippen LogP contribution in [0.4, 0.5) is 15.8 Å². The first-order valence-corrected chi connectivity index (χ1v) is 7.31. The van der Waals surface area contributed by atoms with Crippen molar-refractivity contribution in [3.63, 3.8) is 0 Å². The van der Waals surface area contributed by atoms with Crippen molar-refractivity contribution in [1.29, 1.82) is 0 Å². The Labute approximate surface area is 131 Å². The first kappa shape index (κ1) is 15.5. The fraction of sp³-hybridized carbons (Fsp3) is 0.188. The molecule has 2 aromatic carbocycles. The predicted molar refractivity (Wildman–Crippen MR) is 86.9 cm³/mol. The van der Waals surface area contributed by atoms with E-state index < -0.39 is 0 Å². The van der Waals surface area contributed by atoms with Crippen molar-refractivity contribution in [3.05, 3.63) is 57.8 Å². The Kier molecular flexibility index (Phi) is 4.96. The average Bonchev–Trinajstić information content (AvgIpc) is 2.43. The largest absolute Gasteiger partial charge is 0.381 e. The lowest BCUT2D eigenvalue weighted by molar-refractivity contribution is -0.114. The van der Waals surface area contributed by atoms with E-state index in [0.29, 0.717) is 11.0 Å². The van der Waals surface area contributed by atoms with Crippen LogP contribution in [0.3, 0.4) is 0 Å². The van der Waals surface area contributed by atoms with Crippen LogP contribution in [0.5, 0.6) is 0 Å². The maximum Gasteiger partial charge on any atom is 0.221 e. The second-order valence-corrected chi connectivity index (χ2v) is 5.67. The van der Waals surface area contributed by atoms with Gasteiger partial charge >= 0.3 is 0 Å². The SMILES string of the molecule is CC(=O)Nc1cc(NCc2ccc(F)c(Br)c2)ccc1C. The van der Waals surface area contributed by atoms with Gasteiger partial charge in [-0.1, -0.05) is 12.1 Å². The number of aryl methyl sites for hydroxylation is 1. The molecule has 0 heterocycles. The monoisotopic (exact) mass is 350 g/mol. The number of hydrogen-bond donors (Lipinski definition) is 2. The summed E-state index contributed by atoms with van der Waals surface area (Å²) in [6.07, 6.45) is 0. The average molecular weight is 351 g/mol. The van der Waals surface area contributed by atoms with E-state index in [-0.39, 0.29) is 11.7 Å². The van der Waals surface area contributed by atoms with Crippen molar-refractivity contribution in [1.82, 2.24) is 0 Å². The molecule has 0 aliphatic carbocycles. The molecule has 2 N–H and O–H groups in total. The molecule has 0 bridgehead atoms. The molecule has 5 heteroatoms. The molecule has 2 rings (SSSR count). The Morgan fingerprint density at radius 1 is 1.24 bits per heavy atom. The van der Waals surface area contributed by atoms with Gasteiger partial charge in [-0.2, -0.15) is 0 Å².